The first kappa shape index (κ1) is 15.4. The van der Waals surface area contributed by atoms with Gasteiger partial charge in [0.25, 0.3) is 0 Å². The number of carbonyl (C=O) groups excluding carboxylic acids is 1. The molecule has 0 amide bonds. The maximum Gasteiger partial charge on any atom is 0.193 e. The smallest absolute Gasteiger partial charge is 0.193 e. The van der Waals surface area contributed by atoms with Crippen molar-refractivity contribution in [3.05, 3.63) is 71.3 Å². The zero-order valence-electron chi connectivity index (χ0n) is 11.6. The van der Waals surface area contributed by atoms with E-state index in [2.05, 4.69) is 0 Å². The molecule has 0 heterocycles. The van der Waals surface area contributed by atoms with Crippen LogP contribution >= 0.6 is 0 Å². The van der Waals surface area contributed by atoms with Gasteiger partial charge >= 0.3 is 0 Å². The van der Waals surface area contributed by atoms with Gasteiger partial charge in [0.15, 0.2) is 5.78 Å². The van der Waals surface area contributed by atoms with E-state index in [1.807, 2.05) is 6.07 Å². The quantitative estimate of drug-likeness (QED) is 0.705. The van der Waals surface area contributed by atoms with Crippen molar-refractivity contribution in [2.24, 2.45) is 5.73 Å². The van der Waals surface area contributed by atoms with Crippen LogP contribution in [0.1, 0.15) is 34.0 Å². The average molecular weight is 285 g/mol. The van der Waals surface area contributed by atoms with E-state index in [1.165, 1.54) is 0 Å². The van der Waals surface area contributed by atoms with Crippen molar-refractivity contribution in [2.45, 2.75) is 18.6 Å². The minimum absolute atomic E-state index is 0.176. The van der Waals surface area contributed by atoms with Gasteiger partial charge in [-0.2, -0.15) is 0 Å². The second kappa shape index (κ2) is 7.13. The lowest BCUT2D eigenvalue weighted by atomic mass is 9.92. The standard InChI is InChI=1S/C17H19NO3/c18-11-10-15(19)17(21)14-9-5-4-8-13(14)16(20)12-6-2-1-3-7-12/h1-9,15,17,19,21H,10-11,18H2. The number of benzene rings is 2. The summed E-state index contributed by atoms with van der Waals surface area (Å²) in [5, 5.41) is 20.1. The summed E-state index contributed by atoms with van der Waals surface area (Å²) >= 11 is 0. The Bertz CT molecular complexity index is 598. The summed E-state index contributed by atoms with van der Waals surface area (Å²) in [6.45, 7) is 0.271. The van der Waals surface area contributed by atoms with Gasteiger partial charge in [-0.25, -0.2) is 0 Å². The molecule has 0 radical (unpaired) electrons. The second-order valence-corrected chi connectivity index (χ2v) is 4.87. The maximum absolute atomic E-state index is 12.5. The lowest BCUT2D eigenvalue weighted by Crippen LogP contribution is -2.23. The molecular formula is C17H19NO3. The Balaban J connectivity index is 2.35. The maximum atomic E-state index is 12.5. The zero-order chi connectivity index (χ0) is 15.2. The monoisotopic (exact) mass is 285 g/mol. The summed E-state index contributed by atoms with van der Waals surface area (Å²) in [7, 11) is 0. The highest BCUT2D eigenvalue weighted by molar-refractivity contribution is 6.09. The predicted molar refractivity (Wildman–Crippen MR) is 81.0 cm³/mol. The van der Waals surface area contributed by atoms with Gasteiger partial charge in [0.05, 0.1) is 6.10 Å². The molecule has 0 saturated carbocycles. The summed E-state index contributed by atoms with van der Waals surface area (Å²) in [6.07, 6.45) is -1.84. The van der Waals surface area contributed by atoms with E-state index in [-0.39, 0.29) is 18.7 Å². The Labute approximate surface area is 123 Å². The molecule has 0 spiro atoms. The van der Waals surface area contributed by atoms with Gasteiger partial charge in [0.2, 0.25) is 0 Å². The fourth-order valence-electron chi connectivity index (χ4n) is 2.24. The number of ketones is 1. The summed E-state index contributed by atoms with van der Waals surface area (Å²) in [5.74, 6) is -0.176. The highest BCUT2D eigenvalue weighted by atomic mass is 16.3. The Morgan fingerprint density at radius 3 is 2.29 bits per heavy atom. The predicted octanol–water partition coefficient (Wildman–Crippen LogP) is 1.66. The van der Waals surface area contributed by atoms with E-state index >= 15 is 0 Å². The van der Waals surface area contributed by atoms with Crippen molar-refractivity contribution >= 4 is 5.78 Å². The first-order valence-corrected chi connectivity index (χ1v) is 6.90. The second-order valence-electron chi connectivity index (χ2n) is 4.87. The van der Waals surface area contributed by atoms with Crippen molar-refractivity contribution in [2.75, 3.05) is 6.54 Å². The number of carbonyl (C=O) groups is 1. The van der Waals surface area contributed by atoms with Gasteiger partial charge in [-0.15, -0.1) is 0 Å². The molecule has 4 heteroatoms. The van der Waals surface area contributed by atoms with Gasteiger partial charge in [-0.3, -0.25) is 4.79 Å². The summed E-state index contributed by atoms with van der Waals surface area (Å²) in [4.78, 5) is 12.5. The molecule has 4 nitrogen and oxygen atoms in total. The first-order valence-electron chi connectivity index (χ1n) is 6.90. The van der Waals surface area contributed by atoms with Crippen LogP contribution in [0, 0.1) is 0 Å². The molecular weight excluding hydrogens is 266 g/mol. The van der Waals surface area contributed by atoms with Crippen molar-refractivity contribution < 1.29 is 15.0 Å². The van der Waals surface area contributed by atoms with E-state index in [0.29, 0.717) is 16.7 Å². The topological polar surface area (TPSA) is 83.6 Å². The lowest BCUT2D eigenvalue weighted by Gasteiger charge is -2.20. The van der Waals surface area contributed by atoms with Crippen LogP contribution in [-0.4, -0.2) is 28.6 Å². The Morgan fingerprint density at radius 1 is 1.00 bits per heavy atom. The minimum atomic E-state index is -1.13. The molecule has 2 atom stereocenters. The molecule has 0 aliphatic carbocycles. The number of hydrogen-bond acceptors (Lipinski definition) is 4. The van der Waals surface area contributed by atoms with Crippen molar-refractivity contribution in [3.8, 4) is 0 Å². The lowest BCUT2D eigenvalue weighted by molar-refractivity contribution is 0.0146. The van der Waals surface area contributed by atoms with Crippen molar-refractivity contribution in [3.63, 3.8) is 0 Å². The SMILES string of the molecule is NCCC(O)C(O)c1ccccc1C(=O)c1ccccc1. The normalized spacial score (nSPS) is 13.7. The Kier molecular flexibility index (Phi) is 5.22. The minimum Gasteiger partial charge on any atom is -0.390 e. The fourth-order valence-corrected chi connectivity index (χ4v) is 2.24. The van der Waals surface area contributed by atoms with Gasteiger partial charge in [0.1, 0.15) is 6.10 Å². The molecule has 0 bridgehead atoms. The van der Waals surface area contributed by atoms with Crippen LogP contribution in [-0.2, 0) is 0 Å². The van der Waals surface area contributed by atoms with E-state index in [1.54, 1.807) is 48.5 Å². The number of aliphatic hydroxyl groups excluding tert-OH is 2. The summed E-state index contributed by atoms with van der Waals surface area (Å²) < 4.78 is 0. The van der Waals surface area contributed by atoms with E-state index in [9.17, 15) is 15.0 Å². The van der Waals surface area contributed by atoms with Crippen molar-refractivity contribution in [1.29, 1.82) is 0 Å². The Hall–Kier alpha value is -2.01. The summed E-state index contributed by atoms with van der Waals surface area (Å²) in [6, 6.07) is 15.6. The van der Waals surface area contributed by atoms with Gasteiger partial charge in [-0.1, -0.05) is 54.6 Å². The molecule has 0 fully saturated rings. The number of nitrogens with two attached hydrogens (primary N) is 1. The van der Waals surface area contributed by atoms with Crippen LogP contribution in [0.15, 0.2) is 54.6 Å². The third-order valence-electron chi connectivity index (χ3n) is 3.39. The van der Waals surface area contributed by atoms with E-state index in [0.717, 1.165) is 0 Å². The molecule has 0 aliphatic heterocycles. The highest BCUT2D eigenvalue weighted by Gasteiger charge is 2.23. The van der Waals surface area contributed by atoms with Gasteiger partial charge in [0, 0.05) is 11.1 Å². The molecule has 0 aromatic heterocycles. The molecule has 21 heavy (non-hydrogen) atoms. The molecule has 0 aliphatic rings. The molecule has 4 N–H and O–H groups in total. The first-order chi connectivity index (χ1) is 10.1. The van der Waals surface area contributed by atoms with Crippen molar-refractivity contribution in [1.82, 2.24) is 0 Å². The van der Waals surface area contributed by atoms with Crippen LogP contribution < -0.4 is 5.73 Å². The van der Waals surface area contributed by atoms with Crippen LogP contribution in [0.3, 0.4) is 0 Å². The Morgan fingerprint density at radius 2 is 1.62 bits per heavy atom. The molecule has 2 unspecified atom stereocenters. The summed E-state index contributed by atoms with van der Waals surface area (Å²) in [5.41, 5.74) is 6.76. The van der Waals surface area contributed by atoms with E-state index < -0.39 is 12.2 Å². The van der Waals surface area contributed by atoms with E-state index in [4.69, 9.17) is 5.73 Å². The van der Waals surface area contributed by atoms with Crippen LogP contribution in [0.5, 0.6) is 0 Å². The number of hydrogen-bond donors (Lipinski definition) is 3. The number of rotatable bonds is 6. The fraction of sp³-hybridized carbons (Fsp3) is 0.235. The third-order valence-corrected chi connectivity index (χ3v) is 3.39. The third kappa shape index (κ3) is 3.55. The average Bonchev–Trinajstić information content (AvgIpc) is 2.54. The van der Waals surface area contributed by atoms with Crippen LogP contribution in [0.4, 0.5) is 0 Å². The molecule has 2 aromatic carbocycles. The van der Waals surface area contributed by atoms with Gasteiger partial charge < -0.3 is 15.9 Å². The highest BCUT2D eigenvalue weighted by Crippen LogP contribution is 2.24. The largest absolute Gasteiger partial charge is 0.390 e. The van der Waals surface area contributed by atoms with Crippen LogP contribution in [0.2, 0.25) is 0 Å². The molecule has 2 aromatic rings. The molecule has 110 valence electrons. The molecule has 2 rings (SSSR count). The number of aliphatic hydroxyl groups is 2. The zero-order valence-corrected chi connectivity index (χ0v) is 11.6. The van der Waals surface area contributed by atoms with Crippen LogP contribution in [0.25, 0.3) is 0 Å². The molecule has 0 saturated heterocycles. The van der Waals surface area contributed by atoms with Gasteiger partial charge in [-0.05, 0) is 18.5 Å².